The molecule has 3 rings (SSSR count). The highest BCUT2D eigenvalue weighted by Crippen LogP contribution is 2.08. The second-order valence-corrected chi connectivity index (χ2v) is 6.71. The van der Waals surface area contributed by atoms with Crippen molar-refractivity contribution in [3.05, 3.63) is 65.5 Å². The number of nitrogens with one attached hydrogen (secondary N) is 1. The maximum Gasteiger partial charge on any atom is 0.251 e. The molecule has 7 nitrogen and oxygen atoms in total. The number of rotatable bonds is 7. The molecule has 0 aliphatic carbocycles. The number of amides is 1. The van der Waals surface area contributed by atoms with Gasteiger partial charge < -0.3 is 5.32 Å². The fourth-order valence-corrected chi connectivity index (χ4v) is 2.85. The zero-order valence-electron chi connectivity index (χ0n) is 15.4. The Morgan fingerprint density at radius 2 is 2.00 bits per heavy atom. The molecule has 0 spiro atoms. The molecule has 0 saturated carbocycles. The van der Waals surface area contributed by atoms with Gasteiger partial charge in [-0.05, 0) is 43.5 Å². The monoisotopic (exact) mass is 352 g/mol. The van der Waals surface area contributed by atoms with Crippen LogP contribution < -0.4 is 5.32 Å². The lowest BCUT2D eigenvalue weighted by atomic mass is 10.1. The Labute approximate surface area is 153 Å². The lowest BCUT2D eigenvalue weighted by Gasteiger charge is -2.14. The second kappa shape index (κ2) is 7.95. The Hall–Kier alpha value is -2.96. The van der Waals surface area contributed by atoms with Crippen molar-refractivity contribution in [2.45, 2.75) is 33.9 Å². The first kappa shape index (κ1) is 17.8. The van der Waals surface area contributed by atoms with E-state index in [0.717, 1.165) is 23.5 Å². The summed E-state index contributed by atoms with van der Waals surface area (Å²) in [5, 5.41) is 11.5. The molecule has 0 radical (unpaired) electrons. The van der Waals surface area contributed by atoms with Gasteiger partial charge in [0.25, 0.3) is 5.91 Å². The fraction of sp³-hybridized carbons (Fsp3) is 0.368. The average molecular weight is 352 g/mol. The van der Waals surface area contributed by atoms with Gasteiger partial charge in [-0.15, -0.1) is 0 Å². The molecule has 1 aromatic carbocycles. The van der Waals surface area contributed by atoms with Gasteiger partial charge in [0.1, 0.15) is 12.7 Å². The maximum atomic E-state index is 12.3. The van der Waals surface area contributed by atoms with Crippen molar-refractivity contribution < 1.29 is 4.79 Å². The average Bonchev–Trinajstić information content (AvgIpc) is 3.23. The van der Waals surface area contributed by atoms with Crippen molar-refractivity contribution in [2.75, 3.05) is 6.54 Å². The first-order chi connectivity index (χ1) is 12.5. The highest BCUT2D eigenvalue weighted by molar-refractivity contribution is 5.94. The summed E-state index contributed by atoms with van der Waals surface area (Å²) in [7, 11) is 0. The van der Waals surface area contributed by atoms with E-state index in [2.05, 4.69) is 33.5 Å². The van der Waals surface area contributed by atoms with Gasteiger partial charge in [-0.1, -0.05) is 19.1 Å². The molecule has 0 fully saturated rings. The molecule has 0 unspecified atom stereocenters. The van der Waals surface area contributed by atoms with Crippen LogP contribution in [0.15, 0.2) is 43.0 Å². The molecule has 136 valence electrons. The van der Waals surface area contributed by atoms with E-state index in [0.29, 0.717) is 24.6 Å². The number of benzene rings is 1. The minimum Gasteiger partial charge on any atom is -0.352 e. The normalized spacial score (nSPS) is 12.1. The Balaban J connectivity index is 1.50. The molecular formula is C19H24N6O. The Morgan fingerprint density at radius 3 is 2.62 bits per heavy atom. The summed E-state index contributed by atoms with van der Waals surface area (Å²) in [5.41, 5.74) is 3.89. The lowest BCUT2D eigenvalue weighted by molar-refractivity contribution is 0.0946. The highest BCUT2D eigenvalue weighted by atomic mass is 16.1. The predicted molar refractivity (Wildman–Crippen MR) is 98.8 cm³/mol. The Bertz CT molecular complexity index is 851. The lowest BCUT2D eigenvalue weighted by Crippen LogP contribution is -2.30. The van der Waals surface area contributed by atoms with Crippen molar-refractivity contribution >= 4 is 5.91 Å². The van der Waals surface area contributed by atoms with Crippen molar-refractivity contribution in [2.24, 2.45) is 5.92 Å². The van der Waals surface area contributed by atoms with E-state index in [1.165, 1.54) is 6.33 Å². The zero-order valence-corrected chi connectivity index (χ0v) is 15.4. The van der Waals surface area contributed by atoms with E-state index < -0.39 is 0 Å². The SMILES string of the molecule is Cc1cc(C)n(C[C@@H](C)CNC(=O)c2ccc(Cn3cncn3)cc2)n1. The number of hydrogen-bond donors (Lipinski definition) is 1. The summed E-state index contributed by atoms with van der Waals surface area (Å²) >= 11 is 0. The first-order valence-electron chi connectivity index (χ1n) is 8.72. The summed E-state index contributed by atoms with van der Waals surface area (Å²) in [6.45, 7) is 8.18. The summed E-state index contributed by atoms with van der Waals surface area (Å²) in [4.78, 5) is 16.3. The van der Waals surface area contributed by atoms with Gasteiger partial charge in [0, 0.05) is 24.3 Å². The number of aromatic nitrogens is 5. The van der Waals surface area contributed by atoms with Crippen LogP contribution in [-0.2, 0) is 13.1 Å². The zero-order chi connectivity index (χ0) is 18.5. The molecule has 2 aromatic heterocycles. The van der Waals surface area contributed by atoms with E-state index in [1.807, 2.05) is 42.8 Å². The van der Waals surface area contributed by atoms with E-state index in [-0.39, 0.29) is 5.91 Å². The van der Waals surface area contributed by atoms with Gasteiger partial charge in [0.05, 0.1) is 12.2 Å². The smallest absolute Gasteiger partial charge is 0.251 e. The minimum absolute atomic E-state index is 0.0578. The molecule has 0 saturated heterocycles. The van der Waals surface area contributed by atoms with E-state index in [1.54, 1.807) is 11.0 Å². The highest BCUT2D eigenvalue weighted by Gasteiger charge is 2.10. The quantitative estimate of drug-likeness (QED) is 0.707. The van der Waals surface area contributed by atoms with Gasteiger partial charge >= 0.3 is 0 Å². The molecule has 1 atom stereocenters. The van der Waals surface area contributed by atoms with Crippen LogP contribution in [0.25, 0.3) is 0 Å². The third kappa shape index (κ3) is 4.56. The standard InChI is InChI=1S/C19H24N6O/c1-14(10-25-16(3)8-15(2)23-25)9-21-19(26)18-6-4-17(5-7-18)11-24-13-20-12-22-24/h4-8,12-14H,9-11H2,1-3H3,(H,21,26)/t14-/m0/s1. The topological polar surface area (TPSA) is 77.6 Å². The molecule has 7 heteroatoms. The van der Waals surface area contributed by atoms with Crippen LogP contribution >= 0.6 is 0 Å². The summed E-state index contributed by atoms with van der Waals surface area (Å²) in [6.07, 6.45) is 3.18. The van der Waals surface area contributed by atoms with Gasteiger partial charge in [0.15, 0.2) is 0 Å². The van der Waals surface area contributed by atoms with Crippen LogP contribution in [0.5, 0.6) is 0 Å². The van der Waals surface area contributed by atoms with Crippen LogP contribution in [0.1, 0.15) is 34.2 Å². The van der Waals surface area contributed by atoms with E-state index >= 15 is 0 Å². The molecule has 3 aromatic rings. The molecular weight excluding hydrogens is 328 g/mol. The number of hydrogen-bond acceptors (Lipinski definition) is 4. The number of carbonyl (C=O) groups is 1. The van der Waals surface area contributed by atoms with E-state index in [4.69, 9.17) is 0 Å². The third-order valence-corrected chi connectivity index (χ3v) is 4.23. The molecule has 1 amide bonds. The first-order valence-corrected chi connectivity index (χ1v) is 8.72. The molecule has 0 bridgehead atoms. The van der Waals surface area contributed by atoms with Crippen molar-refractivity contribution in [1.82, 2.24) is 29.9 Å². The molecule has 0 aliphatic rings. The summed E-state index contributed by atoms with van der Waals surface area (Å²) in [6, 6.07) is 9.62. The van der Waals surface area contributed by atoms with Crippen LogP contribution in [-0.4, -0.2) is 37.0 Å². The van der Waals surface area contributed by atoms with Crippen molar-refractivity contribution in [3.63, 3.8) is 0 Å². The van der Waals surface area contributed by atoms with Crippen LogP contribution in [0.2, 0.25) is 0 Å². The number of carbonyl (C=O) groups excluding carboxylic acids is 1. The maximum absolute atomic E-state index is 12.3. The fourth-order valence-electron chi connectivity index (χ4n) is 2.85. The van der Waals surface area contributed by atoms with Crippen LogP contribution in [0.3, 0.4) is 0 Å². The van der Waals surface area contributed by atoms with Gasteiger partial charge in [0.2, 0.25) is 0 Å². The number of aryl methyl sites for hydroxylation is 2. The second-order valence-electron chi connectivity index (χ2n) is 6.71. The minimum atomic E-state index is -0.0578. The van der Waals surface area contributed by atoms with Crippen LogP contribution in [0, 0.1) is 19.8 Å². The molecule has 26 heavy (non-hydrogen) atoms. The van der Waals surface area contributed by atoms with E-state index in [9.17, 15) is 4.79 Å². The van der Waals surface area contributed by atoms with Crippen molar-refractivity contribution in [1.29, 1.82) is 0 Å². The molecule has 0 aliphatic heterocycles. The third-order valence-electron chi connectivity index (χ3n) is 4.23. The molecule has 2 heterocycles. The van der Waals surface area contributed by atoms with Gasteiger partial charge in [-0.2, -0.15) is 10.2 Å². The largest absolute Gasteiger partial charge is 0.352 e. The summed E-state index contributed by atoms with van der Waals surface area (Å²) in [5.74, 6) is 0.237. The Kier molecular flexibility index (Phi) is 5.46. The summed E-state index contributed by atoms with van der Waals surface area (Å²) < 4.78 is 3.74. The van der Waals surface area contributed by atoms with Crippen LogP contribution in [0.4, 0.5) is 0 Å². The number of nitrogens with zero attached hydrogens (tertiary/aromatic N) is 5. The predicted octanol–water partition coefficient (Wildman–Crippen LogP) is 2.21. The van der Waals surface area contributed by atoms with Gasteiger partial charge in [-0.25, -0.2) is 9.67 Å². The molecule has 1 N–H and O–H groups in total. The Morgan fingerprint density at radius 1 is 1.23 bits per heavy atom. The van der Waals surface area contributed by atoms with Gasteiger partial charge in [-0.3, -0.25) is 9.48 Å². The van der Waals surface area contributed by atoms with Crippen molar-refractivity contribution in [3.8, 4) is 0 Å².